The number of hydrogen-bond acceptors (Lipinski definition) is 4. The molecule has 6 nitrogen and oxygen atoms in total. The number of carbonyl (C=O) groups is 1. The zero-order chi connectivity index (χ0) is 17.2. The van der Waals surface area contributed by atoms with Crippen LogP contribution in [0.25, 0.3) is 5.65 Å². The van der Waals surface area contributed by atoms with Gasteiger partial charge in [0, 0.05) is 18.9 Å². The van der Waals surface area contributed by atoms with E-state index in [0.29, 0.717) is 18.1 Å². The van der Waals surface area contributed by atoms with Gasteiger partial charge in [0.15, 0.2) is 5.65 Å². The molecule has 1 aliphatic heterocycles. The second-order valence-electron chi connectivity index (χ2n) is 6.37. The Bertz CT molecular complexity index is 888. The topological polar surface area (TPSA) is 68.5 Å². The lowest BCUT2D eigenvalue weighted by Gasteiger charge is -2.31. The van der Waals surface area contributed by atoms with Crippen LogP contribution in [0.15, 0.2) is 48.8 Å². The Balaban J connectivity index is 1.58. The third-order valence-electron chi connectivity index (χ3n) is 4.61. The average molecular weight is 336 g/mol. The Labute approximate surface area is 145 Å². The highest BCUT2D eigenvalue weighted by atomic mass is 16.5. The van der Waals surface area contributed by atoms with E-state index >= 15 is 0 Å². The number of fused-ring (bicyclic) bond motifs is 1. The molecule has 1 aromatic carbocycles. The number of ether oxygens (including phenoxy) is 1. The van der Waals surface area contributed by atoms with Gasteiger partial charge in [0.05, 0.1) is 18.2 Å². The molecule has 1 aliphatic rings. The largest absolute Gasteiger partial charge is 0.373 e. The highest BCUT2D eigenvalue weighted by Crippen LogP contribution is 2.34. The molecule has 0 radical (unpaired) electrons. The van der Waals surface area contributed by atoms with Crippen molar-refractivity contribution in [2.75, 3.05) is 11.9 Å². The van der Waals surface area contributed by atoms with E-state index in [-0.39, 0.29) is 17.9 Å². The van der Waals surface area contributed by atoms with Gasteiger partial charge >= 0.3 is 0 Å². The molecule has 4 rings (SSSR count). The number of nitrogens with one attached hydrogen (secondary N) is 1. The quantitative estimate of drug-likeness (QED) is 0.798. The summed E-state index contributed by atoms with van der Waals surface area (Å²) in [6.45, 7) is 2.73. The molecular formula is C19H20N4O2. The zero-order valence-corrected chi connectivity index (χ0v) is 14.1. The summed E-state index contributed by atoms with van der Waals surface area (Å²) in [5.74, 6) is 0.344. The summed E-state index contributed by atoms with van der Waals surface area (Å²) in [6, 6.07) is 11.8. The van der Waals surface area contributed by atoms with Crippen molar-refractivity contribution in [3.63, 3.8) is 0 Å². The second-order valence-corrected chi connectivity index (χ2v) is 6.37. The maximum Gasteiger partial charge on any atom is 0.231 e. The van der Waals surface area contributed by atoms with Crippen LogP contribution in [0.2, 0.25) is 0 Å². The Morgan fingerprint density at radius 1 is 1.20 bits per heavy atom. The number of anilines is 1. The summed E-state index contributed by atoms with van der Waals surface area (Å²) < 4.78 is 7.58. The van der Waals surface area contributed by atoms with Crippen LogP contribution in [-0.2, 0) is 9.53 Å². The Morgan fingerprint density at radius 2 is 2.04 bits per heavy atom. The normalized spacial score (nSPS) is 20.5. The number of nitrogens with zero attached hydrogens (tertiary/aromatic N) is 3. The molecule has 3 heterocycles. The van der Waals surface area contributed by atoms with Crippen molar-refractivity contribution < 1.29 is 9.53 Å². The molecule has 2 atom stereocenters. The highest BCUT2D eigenvalue weighted by Gasteiger charge is 2.33. The Morgan fingerprint density at radius 3 is 2.88 bits per heavy atom. The van der Waals surface area contributed by atoms with Gasteiger partial charge in [-0.2, -0.15) is 9.61 Å². The molecule has 0 bridgehead atoms. The first kappa shape index (κ1) is 15.8. The molecule has 25 heavy (non-hydrogen) atoms. The third kappa shape index (κ3) is 3.13. The lowest BCUT2D eigenvalue weighted by Crippen LogP contribution is -2.33. The van der Waals surface area contributed by atoms with Crippen molar-refractivity contribution in [2.24, 2.45) is 5.92 Å². The lowest BCUT2D eigenvalue weighted by atomic mass is 9.88. The van der Waals surface area contributed by atoms with Crippen molar-refractivity contribution in [1.82, 2.24) is 14.6 Å². The number of amides is 1. The van der Waals surface area contributed by atoms with Crippen LogP contribution in [0.3, 0.4) is 0 Å². The fourth-order valence-electron chi connectivity index (χ4n) is 3.28. The van der Waals surface area contributed by atoms with Crippen molar-refractivity contribution in [3.8, 4) is 0 Å². The number of benzene rings is 1. The van der Waals surface area contributed by atoms with Crippen LogP contribution in [0, 0.1) is 12.8 Å². The predicted octanol–water partition coefficient (Wildman–Crippen LogP) is 3.14. The summed E-state index contributed by atoms with van der Waals surface area (Å²) in [7, 11) is 0. The molecule has 2 aromatic heterocycles. The first-order valence-electron chi connectivity index (χ1n) is 8.50. The van der Waals surface area contributed by atoms with Crippen LogP contribution in [0.1, 0.15) is 30.1 Å². The van der Waals surface area contributed by atoms with E-state index in [1.807, 2.05) is 12.1 Å². The minimum atomic E-state index is -0.227. The molecule has 128 valence electrons. The van der Waals surface area contributed by atoms with Crippen LogP contribution < -0.4 is 5.32 Å². The third-order valence-corrected chi connectivity index (χ3v) is 4.61. The number of hydrogen-bond donors (Lipinski definition) is 1. The zero-order valence-electron chi connectivity index (χ0n) is 14.1. The van der Waals surface area contributed by atoms with Crippen molar-refractivity contribution in [1.29, 1.82) is 0 Å². The maximum atomic E-state index is 12.9. The van der Waals surface area contributed by atoms with Crippen LogP contribution in [-0.4, -0.2) is 27.1 Å². The van der Waals surface area contributed by atoms with E-state index < -0.39 is 0 Å². The summed E-state index contributed by atoms with van der Waals surface area (Å²) in [5.41, 5.74) is 2.94. The van der Waals surface area contributed by atoms with Gasteiger partial charge in [-0.1, -0.05) is 29.8 Å². The first-order chi connectivity index (χ1) is 12.2. The predicted molar refractivity (Wildman–Crippen MR) is 94.2 cm³/mol. The molecule has 3 aromatic rings. The molecule has 0 spiro atoms. The smallest absolute Gasteiger partial charge is 0.231 e. The van der Waals surface area contributed by atoms with Crippen molar-refractivity contribution in [3.05, 3.63) is 59.9 Å². The van der Waals surface area contributed by atoms with Crippen LogP contribution in [0.5, 0.6) is 0 Å². The number of aromatic nitrogens is 3. The van der Waals surface area contributed by atoms with E-state index in [1.165, 1.54) is 5.56 Å². The fourth-order valence-corrected chi connectivity index (χ4v) is 3.28. The van der Waals surface area contributed by atoms with E-state index in [2.05, 4.69) is 34.5 Å². The molecule has 1 N–H and O–H groups in total. The second kappa shape index (κ2) is 6.64. The average Bonchev–Trinajstić information content (AvgIpc) is 3.12. The minimum Gasteiger partial charge on any atom is -0.373 e. The van der Waals surface area contributed by atoms with Gasteiger partial charge in [0.25, 0.3) is 0 Å². The molecule has 1 fully saturated rings. The molecule has 1 saturated heterocycles. The van der Waals surface area contributed by atoms with E-state index in [9.17, 15) is 4.79 Å². The SMILES string of the molecule is Cc1ccc([C@H]2OCCC[C@H]2C(=O)Nc2ccnc3ccnn23)cc1. The monoisotopic (exact) mass is 336 g/mol. The molecule has 0 aliphatic carbocycles. The van der Waals surface area contributed by atoms with Crippen molar-refractivity contribution >= 4 is 17.4 Å². The van der Waals surface area contributed by atoms with Crippen LogP contribution in [0.4, 0.5) is 5.82 Å². The number of carbonyl (C=O) groups excluding carboxylic acids is 1. The van der Waals surface area contributed by atoms with E-state index in [0.717, 1.165) is 18.4 Å². The molecule has 0 unspecified atom stereocenters. The molecule has 0 saturated carbocycles. The summed E-state index contributed by atoms with van der Waals surface area (Å²) in [4.78, 5) is 17.1. The van der Waals surface area contributed by atoms with Gasteiger partial charge in [-0.05, 0) is 31.4 Å². The Hall–Kier alpha value is -2.73. The first-order valence-corrected chi connectivity index (χ1v) is 8.50. The van der Waals surface area contributed by atoms with Gasteiger partial charge in [0.1, 0.15) is 5.82 Å². The molecule has 6 heteroatoms. The number of aryl methyl sites for hydroxylation is 1. The molecule has 1 amide bonds. The van der Waals surface area contributed by atoms with E-state index in [1.54, 1.807) is 29.0 Å². The standard InChI is InChI=1S/C19H20N4O2/c1-13-4-6-14(7-5-13)18-15(3-2-12-25-18)19(24)22-17-8-10-20-16-9-11-21-23(16)17/h4-11,15,18H,2-3,12H2,1H3,(H,22,24)/t15-,18-/m1/s1. The molecular weight excluding hydrogens is 316 g/mol. The van der Waals surface area contributed by atoms with Gasteiger partial charge in [0.2, 0.25) is 5.91 Å². The summed E-state index contributed by atoms with van der Waals surface area (Å²) in [5, 5.41) is 7.21. The van der Waals surface area contributed by atoms with Crippen molar-refractivity contribution in [2.45, 2.75) is 25.9 Å². The van der Waals surface area contributed by atoms with Gasteiger partial charge in [-0.25, -0.2) is 4.98 Å². The number of rotatable bonds is 3. The van der Waals surface area contributed by atoms with Gasteiger partial charge in [-0.3, -0.25) is 4.79 Å². The summed E-state index contributed by atoms with van der Waals surface area (Å²) in [6.07, 6.45) is 4.80. The van der Waals surface area contributed by atoms with E-state index in [4.69, 9.17) is 4.74 Å². The fraction of sp³-hybridized carbons (Fsp3) is 0.316. The van der Waals surface area contributed by atoms with Crippen LogP contribution >= 0.6 is 0 Å². The highest BCUT2D eigenvalue weighted by molar-refractivity contribution is 5.92. The maximum absolute atomic E-state index is 12.9. The lowest BCUT2D eigenvalue weighted by molar-refractivity contribution is -0.129. The Kier molecular flexibility index (Phi) is 4.19. The summed E-state index contributed by atoms with van der Waals surface area (Å²) >= 11 is 0. The minimum absolute atomic E-state index is 0.0479. The van der Waals surface area contributed by atoms with Gasteiger partial charge in [-0.15, -0.1) is 0 Å². The van der Waals surface area contributed by atoms with Gasteiger partial charge < -0.3 is 10.1 Å².